The molecule has 1 saturated carbocycles. The van der Waals surface area contributed by atoms with Gasteiger partial charge in [-0.1, -0.05) is 55.7 Å². The van der Waals surface area contributed by atoms with E-state index in [0.29, 0.717) is 37.0 Å². The minimum atomic E-state index is -0.225. The lowest BCUT2D eigenvalue weighted by Crippen LogP contribution is -2.55. The molecule has 4 aliphatic rings. The van der Waals surface area contributed by atoms with Gasteiger partial charge in [0, 0.05) is 43.4 Å². The molecule has 4 atom stereocenters. The van der Waals surface area contributed by atoms with E-state index in [9.17, 15) is 4.79 Å². The van der Waals surface area contributed by atoms with Crippen molar-refractivity contribution in [3.63, 3.8) is 0 Å². The Labute approximate surface area is 216 Å². The van der Waals surface area contributed by atoms with E-state index in [4.69, 9.17) is 9.72 Å². The summed E-state index contributed by atoms with van der Waals surface area (Å²) in [6.45, 7) is 5.73. The number of hydrogen-bond acceptors (Lipinski definition) is 4. The maximum absolute atomic E-state index is 14.6. The number of ether oxygens (including phenoxy) is 1. The lowest BCUT2D eigenvalue weighted by atomic mass is 9.68. The summed E-state index contributed by atoms with van der Waals surface area (Å²) in [5.41, 5.74) is 4.50. The molecule has 0 unspecified atom stereocenters. The van der Waals surface area contributed by atoms with Gasteiger partial charge in [0.15, 0.2) is 0 Å². The van der Waals surface area contributed by atoms with E-state index in [1.807, 2.05) is 6.92 Å². The molecule has 3 aliphatic heterocycles. The lowest BCUT2D eigenvalue weighted by molar-refractivity contribution is -0.143. The molecule has 2 aromatic rings. The average Bonchev–Trinajstić information content (AvgIpc) is 3.27. The lowest BCUT2D eigenvalue weighted by Gasteiger charge is -2.47. The van der Waals surface area contributed by atoms with Crippen molar-refractivity contribution >= 4 is 5.91 Å². The van der Waals surface area contributed by atoms with Gasteiger partial charge in [-0.15, -0.1) is 0 Å². The number of benzene rings is 1. The number of fused-ring (bicyclic) bond motifs is 2. The maximum Gasteiger partial charge on any atom is 0.228 e. The first kappa shape index (κ1) is 24.1. The van der Waals surface area contributed by atoms with Crippen LogP contribution < -0.4 is 5.32 Å². The van der Waals surface area contributed by atoms with E-state index in [1.54, 1.807) is 0 Å². The second-order valence-electron chi connectivity index (χ2n) is 11.7. The largest absolute Gasteiger partial charge is 0.375 e. The third kappa shape index (κ3) is 4.39. The summed E-state index contributed by atoms with van der Waals surface area (Å²) in [4.78, 5) is 21.8. The zero-order chi connectivity index (χ0) is 24.5. The van der Waals surface area contributed by atoms with Gasteiger partial charge in [0.05, 0.1) is 18.2 Å². The summed E-state index contributed by atoms with van der Waals surface area (Å²) < 4.78 is 6.00. The zero-order valence-electron chi connectivity index (χ0n) is 21.8. The molecule has 1 aliphatic carbocycles. The van der Waals surface area contributed by atoms with Gasteiger partial charge in [0.1, 0.15) is 0 Å². The van der Waals surface area contributed by atoms with Crippen molar-refractivity contribution in [2.45, 2.75) is 82.3 Å². The molecule has 36 heavy (non-hydrogen) atoms. The van der Waals surface area contributed by atoms with E-state index in [1.165, 1.54) is 43.2 Å². The highest BCUT2D eigenvalue weighted by Gasteiger charge is 2.52. The zero-order valence-corrected chi connectivity index (χ0v) is 21.8. The van der Waals surface area contributed by atoms with Crippen molar-refractivity contribution in [3.8, 4) is 0 Å². The number of carbonyl (C=O) groups excluding carboxylic acids is 1. The summed E-state index contributed by atoms with van der Waals surface area (Å²) in [6.07, 6.45) is 9.54. The minimum absolute atomic E-state index is 0.0539. The summed E-state index contributed by atoms with van der Waals surface area (Å²) in [5.74, 6) is 1.50. The minimum Gasteiger partial charge on any atom is -0.375 e. The molecule has 6 rings (SSSR count). The molecule has 0 radical (unpaired) electrons. The highest BCUT2D eigenvalue weighted by atomic mass is 16.5. The predicted octanol–water partition coefficient (Wildman–Crippen LogP) is 5.12. The van der Waals surface area contributed by atoms with E-state index >= 15 is 0 Å². The molecule has 192 valence electrons. The topological polar surface area (TPSA) is 54.5 Å². The van der Waals surface area contributed by atoms with Crippen LogP contribution in [0.3, 0.4) is 0 Å². The average molecular weight is 488 g/mol. The van der Waals surface area contributed by atoms with Crippen LogP contribution >= 0.6 is 0 Å². The molecule has 1 aromatic carbocycles. The second kappa shape index (κ2) is 10.3. The first-order valence-corrected chi connectivity index (χ1v) is 14.3. The van der Waals surface area contributed by atoms with Crippen LogP contribution in [0.2, 0.25) is 0 Å². The van der Waals surface area contributed by atoms with Gasteiger partial charge < -0.3 is 15.0 Å². The van der Waals surface area contributed by atoms with Gasteiger partial charge >= 0.3 is 0 Å². The number of hydrogen-bond donors (Lipinski definition) is 1. The quantitative estimate of drug-likeness (QED) is 0.653. The summed E-state index contributed by atoms with van der Waals surface area (Å²) in [6, 6.07) is 15.7. The monoisotopic (exact) mass is 487 g/mol. The molecule has 2 saturated heterocycles. The summed E-state index contributed by atoms with van der Waals surface area (Å²) in [5, 5.41) is 3.63. The number of likely N-dealkylation sites (tertiary alicyclic amines) is 1. The number of amides is 1. The van der Waals surface area contributed by atoms with Crippen LogP contribution in [-0.2, 0) is 21.6 Å². The predicted molar refractivity (Wildman–Crippen MR) is 142 cm³/mol. The Morgan fingerprint density at radius 1 is 1.08 bits per heavy atom. The Morgan fingerprint density at radius 2 is 1.92 bits per heavy atom. The maximum atomic E-state index is 14.6. The normalized spacial score (nSPS) is 31.2. The molecule has 5 nitrogen and oxygen atoms in total. The van der Waals surface area contributed by atoms with Crippen molar-refractivity contribution in [2.24, 2.45) is 11.8 Å². The number of carbonyl (C=O) groups is 1. The number of aromatic nitrogens is 1. The van der Waals surface area contributed by atoms with Crippen molar-refractivity contribution in [1.29, 1.82) is 0 Å². The van der Waals surface area contributed by atoms with Crippen LogP contribution in [0.1, 0.15) is 79.8 Å². The number of nitrogens with one attached hydrogen (secondary N) is 1. The molecule has 4 heterocycles. The molecule has 0 bridgehead atoms. The number of rotatable bonds is 3. The molecular weight excluding hydrogens is 446 g/mol. The van der Waals surface area contributed by atoms with Gasteiger partial charge in [0.25, 0.3) is 0 Å². The van der Waals surface area contributed by atoms with Crippen molar-refractivity contribution in [3.05, 3.63) is 65.0 Å². The Morgan fingerprint density at radius 3 is 2.75 bits per heavy atom. The first-order chi connectivity index (χ1) is 17.7. The number of piperidine rings is 1. The Balaban J connectivity index is 1.31. The van der Waals surface area contributed by atoms with Gasteiger partial charge in [-0.2, -0.15) is 0 Å². The third-order valence-electron chi connectivity index (χ3n) is 9.73. The highest BCUT2D eigenvalue weighted by Crippen LogP contribution is 2.45. The first-order valence-electron chi connectivity index (χ1n) is 14.3. The van der Waals surface area contributed by atoms with Crippen LogP contribution in [0.15, 0.2) is 42.5 Å². The summed E-state index contributed by atoms with van der Waals surface area (Å²) in [7, 11) is 0. The van der Waals surface area contributed by atoms with Crippen LogP contribution in [0.25, 0.3) is 0 Å². The van der Waals surface area contributed by atoms with E-state index in [-0.39, 0.29) is 11.3 Å². The highest BCUT2D eigenvalue weighted by molar-refractivity contribution is 5.82. The van der Waals surface area contributed by atoms with Crippen LogP contribution in [0.5, 0.6) is 0 Å². The number of pyridine rings is 1. The fourth-order valence-electron chi connectivity index (χ4n) is 7.82. The molecular formula is C31H41N3O2. The number of aryl methyl sites for hydroxylation is 1. The van der Waals surface area contributed by atoms with Crippen molar-refractivity contribution in [2.75, 3.05) is 26.2 Å². The molecule has 5 heteroatoms. The van der Waals surface area contributed by atoms with E-state index in [0.717, 1.165) is 50.3 Å². The van der Waals surface area contributed by atoms with E-state index < -0.39 is 0 Å². The van der Waals surface area contributed by atoms with Crippen LogP contribution in [0.4, 0.5) is 0 Å². The Bertz CT molecular complexity index is 1070. The fourth-order valence-corrected chi connectivity index (χ4v) is 7.82. The molecule has 1 aromatic heterocycles. The molecule has 1 spiro atoms. The van der Waals surface area contributed by atoms with Crippen LogP contribution in [0, 0.1) is 18.8 Å². The van der Waals surface area contributed by atoms with Gasteiger partial charge in [-0.25, -0.2) is 0 Å². The molecule has 3 fully saturated rings. The summed E-state index contributed by atoms with van der Waals surface area (Å²) >= 11 is 0. The van der Waals surface area contributed by atoms with E-state index in [2.05, 4.69) is 52.7 Å². The molecule has 1 N–H and O–H groups in total. The van der Waals surface area contributed by atoms with Crippen molar-refractivity contribution in [1.82, 2.24) is 15.2 Å². The van der Waals surface area contributed by atoms with Gasteiger partial charge in [0.2, 0.25) is 5.91 Å². The standard InChI is InChI=1S/C31H41N3O2/c1-22-12-13-26-28(33-22)20-36-17-15-31(26)21-32-19-27(31)30(35)34-16-14-25(23-8-4-2-5-9-23)18-29(34)24-10-6-3-7-11-24/h2,4-5,8-9,12-13,24-25,27,29,32H,3,6-7,10-11,14-21H2,1H3/t25-,27+,29+,31+/m1/s1. The van der Waals surface area contributed by atoms with Crippen LogP contribution in [-0.4, -0.2) is 48.1 Å². The third-order valence-corrected chi connectivity index (χ3v) is 9.73. The second-order valence-corrected chi connectivity index (χ2v) is 11.7. The van der Waals surface area contributed by atoms with Gasteiger partial charge in [-0.05, 0) is 68.1 Å². The SMILES string of the molecule is Cc1ccc2c(n1)COCC[C@]21CNC[C@H]1C(=O)N1CC[C@@H](c2ccccc2)C[C@H]1C1CCCCC1. The van der Waals surface area contributed by atoms with Crippen molar-refractivity contribution < 1.29 is 9.53 Å². The smallest absolute Gasteiger partial charge is 0.228 e. The fraction of sp³-hybridized carbons (Fsp3) is 0.613. The van der Waals surface area contributed by atoms with Gasteiger partial charge in [-0.3, -0.25) is 9.78 Å². The number of nitrogens with zero attached hydrogens (tertiary/aromatic N) is 2. The Kier molecular flexibility index (Phi) is 6.87. The molecule has 1 amide bonds. The Hall–Kier alpha value is -2.24.